The summed E-state index contributed by atoms with van der Waals surface area (Å²) in [5.41, 5.74) is 8.29. The van der Waals surface area contributed by atoms with Gasteiger partial charge < -0.3 is 15.0 Å². The Kier molecular flexibility index (Phi) is 5.89. The molecule has 2 aromatic heterocycles. The third kappa shape index (κ3) is 4.44. The first-order valence-corrected chi connectivity index (χ1v) is 12.1. The number of aryl methyl sites for hydroxylation is 3. The van der Waals surface area contributed by atoms with Crippen molar-refractivity contribution in [1.82, 2.24) is 14.1 Å². The van der Waals surface area contributed by atoms with Crippen LogP contribution < -0.4 is 11.4 Å². The predicted molar refractivity (Wildman–Crippen MR) is 141 cm³/mol. The Morgan fingerprint density at radius 3 is 2.40 bits per heavy atom. The van der Waals surface area contributed by atoms with Gasteiger partial charge in [0.25, 0.3) is 5.56 Å². The van der Waals surface area contributed by atoms with E-state index in [1.54, 1.807) is 6.33 Å². The first-order chi connectivity index (χ1) is 16.9. The summed E-state index contributed by atoms with van der Waals surface area (Å²) in [7, 11) is 0. The fourth-order valence-corrected chi connectivity index (χ4v) is 4.67. The van der Waals surface area contributed by atoms with E-state index in [0.717, 1.165) is 40.9 Å². The molecule has 6 heteroatoms. The average molecular weight is 466 g/mol. The van der Waals surface area contributed by atoms with Crippen molar-refractivity contribution in [3.05, 3.63) is 117 Å². The first-order valence-electron chi connectivity index (χ1n) is 12.1. The van der Waals surface area contributed by atoms with Crippen LogP contribution in [0.3, 0.4) is 0 Å². The van der Waals surface area contributed by atoms with Gasteiger partial charge in [0.15, 0.2) is 0 Å². The Morgan fingerprint density at radius 1 is 1.06 bits per heavy atom. The van der Waals surface area contributed by atoms with Gasteiger partial charge in [-0.3, -0.25) is 4.79 Å². The summed E-state index contributed by atoms with van der Waals surface area (Å²) in [6.45, 7) is 8.14. The Labute approximate surface area is 205 Å². The summed E-state index contributed by atoms with van der Waals surface area (Å²) < 4.78 is 3.84. The molecule has 0 aliphatic heterocycles. The van der Waals surface area contributed by atoms with Gasteiger partial charge in [-0.25, -0.2) is 4.98 Å². The predicted octanol–water partition coefficient (Wildman–Crippen LogP) is 5.16. The molecule has 1 unspecified atom stereocenters. The summed E-state index contributed by atoms with van der Waals surface area (Å²) in [5.74, 6) is 6.41. The van der Waals surface area contributed by atoms with Crippen LogP contribution in [0, 0.1) is 20.8 Å². The second-order valence-corrected chi connectivity index (χ2v) is 9.66. The highest BCUT2D eigenvalue weighted by molar-refractivity contribution is 6.12. The first kappa shape index (κ1) is 22.8. The minimum Gasteiger partial charge on any atom is -0.323 e. The van der Waals surface area contributed by atoms with Gasteiger partial charge in [-0.2, -0.15) is 5.10 Å². The topological polar surface area (TPSA) is 78.2 Å². The van der Waals surface area contributed by atoms with Gasteiger partial charge in [0, 0.05) is 23.6 Å². The van der Waals surface area contributed by atoms with Crippen LogP contribution in [0.4, 0.5) is 0 Å². The maximum atomic E-state index is 13.8. The molecule has 6 nitrogen and oxygen atoms in total. The zero-order valence-electron chi connectivity index (χ0n) is 20.7. The monoisotopic (exact) mass is 465 g/mol. The second kappa shape index (κ2) is 9.02. The number of nitrogens with two attached hydrogens (primary N) is 1. The SMILES string of the molecule is Cc1ccc(C(C)n2cc(C3CC3)cc(/C(=N/N)c3ccc(-n4cnc(C)c4)c(C)c3)c2=O)cc1. The standard InChI is InChI=1S/C29H31N5O/c1-18-5-7-22(8-6-18)21(4)34-16-25(23-9-10-23)14-26(29(34)35)28(32-30)24-11-12-27(19(2)13-24)33-15-20(3)31-17-33/h5-8,11-17,21,23H,9-10,30H2,1-4H3/b32-28+. The normalized spacial score (nSPS) is 14.8. The molecule has 1 fully saturated rings. The van der Waals surface area contributed by atoms with Gasteiger partial charge in [-0.15, -0.1) is 0 Å². The summed E-state index contributed by atoms with van der Waals surface area (Å²) in [5, 5.41) is 4.13. The lowest BCUT2D eigenvalue weighted by molar-refractivity contribution is 0.609. The molecule has 1 aliphatic rings. The van der Waals surface area contributed by atoms with Crippen molar-refractivity contribution in [2.24, 2.45) is 10.9 Å². The Bertz CT molecular complexity index is 1470. The number of pyridine rings is 1. The van der Waals surface area contributed by atoms with Crippen molar-refractivity contribution in [1.29, 1.82) is 0 Å². The van der Waals surface area contributed by atoms with Crippen LogP contribution in [-0.4, -0.2) is 19.8 Å². The number of hydrazone groups is 1. The lowest BCUT2D eigenvalue weighted by atomic mass is 9.98. The largest absolute Gasteiger partial charge is 0.323 e. The van der Waals surface area contributed by atoms with Crippen LogP contribution in [0.15, 0.2) is 77.1 Å². The van der Waals surface area contributed by atoms with Crippen molar-refractivity contribution in [3.8, 4) is 5.69 Å². The maximum Gasteiger partial charge on any atom is 0.260 e. The molecule has 178 valence electrons. The second-order valence-electron chi connectivity index (χ2n) is 9.66. The van der Waals surface area contributed by atoms with Gasteiger partial charge in [0.2, 0.25) is 0 Å². The van der Waals surface area contributed by atoms with Crippen molar-refractivity contribution >= 4 is 5.71 Å². The molecule has 1 aliphatic carbocycles. The summed E-state index contributed by atoms with van der Waals surface area (Å²) in [6, 6.07) is 16.3. The summed E-state index contributed by atoms with van der Waals surface area (Å²) >= 11 is 0. The van der Waals surface area contributed by atoms with E-state index in [1.807, 2.05) is 59.6 Å². The van der Waals surface area contributed by atoms with Crippen molar-refractivity contribution in [3.63, 3.8) is 0 Å². The Morgan fingerprint density at radius 2 is 1.80 bits per heavy atom. The van der Waals surface area contributed by atoms with Crippen molar-refractivity contribution in [2.45, 2.75) is 52.5 Å². The van der Waals surface area contributed by atoms with Crippen LogP contribution >= 0.6 is 0 Å². The number of aromatic nitrogens is 3. The number of hydrogen-bond donors (Lipinski definition) is 1. The summed E-state index contributed by atoms with van der Waals surface area (Å²) in [6.07, 6.45) is 8.11. The van der Waals surface area contributed by atoms with Crippen molar-refractivity contribution in [2.75, 3.05) is 0 Å². The number of hydrogen-bond acceptors (Lipinski definition) is 4. The fourth-order valence-electron chi connectivity index (χ4n) is 4.67. The zero-order chi connectivity index (χ0) is 24.7. The van der Waals surface area contributed by atoms with Crippen LogP contribution in [0.5, 0.6) is 0 Å². The van der Waals surface area contributed by atoms with E-state index in [2.05, 4.69) is 48.2 Å². The molecule has 1 saturated carbocycles. The molecule has 2 heterocycles. The van der Waals surface area contributed by atoms with E-state index < -0.39 is 0 Å². The minimum absolute atomic E-state index is 0.0846. The van der Waals surface area contributed by atoms with E-state index in [9.17, 15) is 4.79 Å². The molecule has 4 aromatic rings. The highest BCUT2D eigenvalue weighted by atomic mass is 16.1. The zero-order valence-corrected chi connectivity index (χ0v) is 20.7. The van der Waals surface area contributed by atoms with E-state index in [0.29, 0.717) is 17.2 Å². The molecule has 0 bridgehead atoms. The molecule has 0 saturated heterocycles. The van der Waals surface area contributed by atoms with Crippen LogP contribution in [0.1, 0.15) is 70.8 Å². The Balaban J connectivity index is 1.59. The highest BCUT2D eigenvalue weighted by Crippen LogP contribution is 2.40. The van der Waals surface area contributed by atoms with Gasteiger partial charge in [0.05, 0.1) is 23.6 Å². The van der Waals surface area contributed by atoms with Gasteiger partial charge in [-0.1, -0.05) is 35.9 Å². The molecule has 0 amide bonds. The van der Waals surface area contributed by atoms with E-state index in [-0.39, 0.29) is 11.6 Å². The molecule has 0 spiro atoms. The molecular weight excluding hydrogens is 434 g/mol. The van der Waals surface area contributed by atoms with Gasteiger partial charge in [-0.05, 0) is 81.3 Å². The lowest BCUT2D eigenvalue weighted by Gasteiger charge is -2.19. The molecule has 2 aromatic carbocycles. The third-order valence-corrected chi connectivity index (χ3v) is 6.93. The highest BCUT2D eigenvalue weighted by Gasteiger charge is 2.27. The van der Waals surface area contributed by atoms with Crippen LogP contribution in [0.25, 0.3) is 5.69 Å². The van der Waals surface area contributed by atoms with Gasteiger partial charge >= 0.3 is 0 Å². The third-order valence-electron chi connectivity index (χ3n) is 6.93. The quantitative estimate of drug-likeness (QED) is 0.243. The molecule has 2 N–H and O–H groups in total. The van der Waals surface area contributed by atoms with Crippen LogP contribution in [0.2, 0.25) is 0 Å². The fraction of sp³-hybridized carbons (Fsp3) is 0.276. The summed E-state index contributed by atoms with van der Waals surface area (Å²) in [4.78, 5) is 18.1. The molecule has 1 atom stereocenters. The van der Waals surface area contributed by atoms with Gasteiger partial charge in [0.1, 0.15) is 5.71 Å². The lowest BCUT2D eigenvalue weighted by Crippen LogP contribution is -2.30. The number of nitrogens with zero attached hydrogens (tertiary/aromatic N) is 4. The van der Waals surface area contributed by atoms with E-state index in [4.69, 9.17) is 5.84 Å². The number of imidazole rings is 1. The van der Waals surface area contributed by atoms with E-state index in [1.165, 1.54) is 11.1 Å². The van der Waals surface area contributed by atoms with Crippen LogP contribution in [-0.2, 0) is 0 Å². The number of rotatable bonds is 6. The molecule has 35 heavy (non-hydrogen) atoms. The molecule has 0 radical (unpaired) electrons. The maximum absolute atomic E-state index is 13.8. The Hall–Kier alpha value is -3.93. The minimum atomic E-state index is -0.104. The van der Waals surface area contributed by atoms with E-state index >= 15 is 0 Å². The average Bonchev–Trinajstić information content (AvgIpc) is 3.61. The number of benzene rings is 2. The molecular formula is C29H31N5O. The van der Waals surface area contributed by atoms with Crippen molar-refractivity contribution < 1.29 is 0 Å². The smallest absolute Gasteiger partial charge is 0.260 e. The molecule has 5 rings (SSSR count).